The Morgan fingerprint density at radius 2 is 1.68 bits per heavy atom. The Balaban J connectivity index is 1.47. The van der Waals surface area contributed by atoms with Crippen molar-refractivity contribution in [1.29, 1.82) is 0 Å². The van der Waals surface area contributed by atoms with Crippen LogP contribution in [0.25, 0.3) is 10.8 Å². The quantitative estimate of drug-likeness (QED) is 0.437. The Hall–Kier alpha value is -3.64. The molecule has 0 fully saturated rings. The van der Waals surface area contributed by atoms with Gasteiger partial charge in [0.25, 0.3) is 11.8 Å². The molecule has 31 heavy (non-hydrogen) atoms. The predicted octanol–water partition coefficient (Wildman–Crippen LogP) is 4.92. The highest BCUT2D eigenvalue weighted by Crippen LogP contribution is 2.34. The predicted molar refractivity (Wildman–Crippen MR) is 125 cm³/mol. The summed E-state index contributed by atoms with van der Waals surface area (Å²) in [5, 5.41) is 5.40. The number of nitrogens with one attached hydrogen (secondary N) is 1. The van der Waals surface area contributed by atoms with Crippen molar-refractivity contribution in [1.82, 2.24) is 0 Å². The number of carbonyl (C=O) groups excluding carboxylic acids is 2. The van der Waals surface area contributed by atoms with Crippen molar-refractivity contribution in [3.63, 3.8) is 0 Å². The molecule has 0 bridgehead atoms. The first-order chi connectivity index (χ1) is 15.0. The fourth-order valence-electron chi connectivity index (χ4n) is 3.46. The van der Waals surface area contributed by atoms with Gasteiger partial charge < -0.3 is 15.8 Å². The lowest BCUT2D eigenvalue weighted by Gasteiger charge is -2.08. The smallest absolute Gasteiger partial charge is 0.262 e. The maximum absolute atomic E-state index is 12.5. The molecule has 1 heterocycles. The lowest BCUT2D eigenvalue weighted by atomic mass is 10.1. The number of nitrogens with two attached hydrogens (primary N) is 1. The lowest BCUT2D eigenvalue weighted by Crippen LogP contribution is -2.22. The molecule has 0 aliphatic carbocycles. The van der Waals surface area contributed by atoms with E-state index in [1.807, 2.05) is 79.7 Å². The van der Waals surface area contributed by atoms with E-state index >= 15 is 0 Å². The highest BCUT2D eigenvalue weighted by Gasteiger charge is 2.21. The van der Waals surface area contributed by atoms with E-state index in [2.05, 4.69) is 5.32 Å². The van der Waals surface area contributed by atoms with Crippen LogP contribution in [0.4, 0.5) is 5.00 Å². The van der Waals surface area contributed by atoms with Crippen LogP contribution in [0, 0.1) is 6.92 Å². The number of ether oxygens (including phenoxy) is 1. The van der Waals surface area contributed by atoms with E-state index in [0.29, 0.717) is 22.7 Å². The molecule has 3 N–H and O–H groups in total. The second kappa shape index (κ2) is 9.02. The number of fused-ring (bicyclic) bond motifs is 1. The molecule has 0 aliphatic heterocycles. The molecule has 4 aromatic rings. The first-order valence-corrected chi connectivity index (χ1v) is 10.7. The van der Waals surface area contributed by atoms with Gasteiger partial charge in [-0.2, -0.15) is 0 Å². The minimum absolute atomic E-state index is 0.165. The average Bonchev–Trinajstić information content (AvgIpc) is 3.07. The molecule has 3 aromatic carbocycles. The highest BCUT2D eigenvalue weighted by atomic mass is 32.1. The minimum Gasteiger partial charge on any atom is -0.484 e. The van der Waals surface area contributed by atoms with E-state index in [-0.39, 0.29) is 12.5 Å². The van der Waals surface area contributed by atoms with Gasteiger partial charge in [-0.25, -0.2) is 0 Å². The second-order valence-electron chi connectivity index (χ2n) is 7.23. The van der Waals surface area contributed by atoms with E-state index in [1.165, 1.54) is 11.3 Å². The number of amides is 2. The van der Waals surface area contributed by atoms with Crippen molar-refractivity contribution < 1.29 is 14.3 Å². The standard InChI is InChI=1S/C25H22N2O3S/c1-16-21(13-17-7-3-2-4-8-17)31-25(23(16)24(26)29)27-22(28)15-30-20-12-11-18-9-5-6-10-19(18)14-20/h2-12,14H,13,15H2,1H3,(H2,26,29)(H,27,28). The van der Waals surface area contributed by atoms with Crippen LogP contribution in [0.1, 0.15) is 26.4 Å². The van der Waals surface area contributed by atoms with Crippen molar-refractivity contribution >= 4 is 38.9 Å². The third kappa shape index (κ3) is 4.75. The lowest BCUT2D eigenvalue weighted by molar-refractivity contribution is -0.118. The third-order valence-corrected chi connectivity index (χ3v) is 6.25. The molecule has 0 aliphatic rings. The van der Waals surface area contributed by atoms with Crippen molar-refractivity contribution in [3.8, 4) is 5.75 Å². The fourth-order valence-corrected chi connectivity index (χ4v) is 4.72. The third-order valence-electron chi connectivity index (χ3n) is 5.04. The fraction of sp³-hybridized carbons (Fsp3) is 0.120. The summed E-state index contributed by atoms with van der Waals surface area (Å²) in [5.74, 6) is -0.293. The zero-order chi connectivity index (χ0) is 21.8. The number of thiophene rings is 1. The molecule has 0 saturated heterocycles. The first-order valence-electron chi connectivity index (χ1n) is 9.88. The highest BCUT2D eigenvalue weighted by molar-refractivity contribution is 7.17. The summed E-state index contributed by atoms with van der Waals surface area (Å²) in [5.41, 5.74) is 7.88. The molecule has 0 radical (unpaired) electrons. The van der Waals surface area contributed by atoms with Gasteiger partial charge in [0, 0.05) is 11.3 Å². The number of hydrogen-bond acceptors (Lipinski definition) is 4. The van der Waals surface area contributed by atoms with Crippen LogP contribution in [0.3, 0.4) is 0 Å². The monoisotopic (exact) mass is 430 g/mol. The van der Waals surface area contributed by atoms with E-state index in [1.54, 1.807) is 0 Å². The van der Waals surface area contributed by atoms with E-state index < -0.39 is 5.91 Å². The van der Waals surface area contributed by atoms with Gasteiger partial charge in [-0.15, -0.1) is 11.3 Å². The number of benzene rings is 3. The van der Waals surface area contributed by atoms with Crippen molar-refractivity contribution in [2.45, 2.75) is 13.3 Å². The normalized spacial score (nSPS) is 10.7. The van der Waals surface area contributed by atoms with Gasteiger partial charge in [0.1, 0.15) is 10.8 Å². The van der Waals surface area contributed by atoms with Crippen molar-refractivity contribution in [2.24, 2.45) is 5.73 Å². The Morgan fingerprint density at radius 1 is 0.968 bits per heavy atom. The number of hydrogen-bond donors (Lipinski definition) is 2. The molecular formula is C25H22N2O3S. The number of carbonyl (C=O) groups is 2. The molecule has 0 saturated carbocycles. The summed E-state index contributed by atoms with van der Waals surface area (Å²) in [7, 11) is 0. The van der Waals surface area contributed by atoms with Gasteiger partial charge in [0.05, 0.1) is 5.56 Å². The SMILES string of the molecule is Cc1c(Cc2ccccc2)sc(NC(=O)COc2ccc3ccccc3c2)c1C(N)=O. The Kier molecular flexibility index (Phi) is 6.00. The summed E-state index contributed by atoms with van der Waals surface area (Å²) in [4.78, 5) is 25.6. The van der Waals surface area contributed by atoms with Gasteiger partial charge in [0.2, 0.25) is 0 Å². The average molecular weight is 431 g/mol. The topological polar surface area (TPSA) is 81.4 Å². The van der Waals surface area contributed by atoms with Crippen LogP contribution in [-0.4, -0.2) is 18.4 Å². The van der Waals surface area contributed by atoms with Crippen LogP contribution in [0.2, 0.25) is 0 Å². The summed E-state index contributed by atoms with van der Waals surface area (Å²) in [6.07, 6.45) is 0.668. The molecule has 6 heteroatoms. The van der Waals surface area contributed by atoms with E-state index in [9.17, 15) is 9.59 Å². The summed E-state index contributed by atoms with van der Waals surface area (Å²) >= 11 is 1.37. The molecular weight excluding hydrogens is 408 g/mol. The first kappa shape index (κ1) is 20.6. The minimum atomic E-state index is -0.557. The van der Waals surface area contributed by atoms with Crippen LogP contribution in [-0.2, 0) is 11.2 Å². The van der Waals surface area contributed by atoms with Crippen LogP contribution in [0.15, 0.2) is 72.8 Å². The second-order valence-corrected chi connectivity index (χ2v) is 8.33. The Morgan fingerprint density at radius 3 is 2.42 bits per heavy atom. The van der Waals surface area contributed by atoms with Gasteiger partial charge in [0.15, 0.2) is 6.61 Å². The molecule has 0 spiro atoms. The zero-order valence-corrected chi connectivity index (χ0v) is 17.9. The van der Waals surface area contributed by atoms with Crippen molar-refractivity contribution in [2.75, 3.05) is 11.9 Å². The van der Waals surface area contributed by atoms with E-state index in [0.717, 1.165) is 26.8 Å². The Bertz CT molecular complexity index is 1250. The van der Waals surface area contributed by atoms with Crippen LogP contribution < -0.4 is 15.8 Å². The number of rotatable bonds is 7. The van der Waals surface area contributed by atoms with Gasteiger partial charge >= 0.3 is 0 Å². The zero-order valence-electron chi connectivity index (χ0n) is 17.1. The van der Waals surface area contributed by atoms with Crippen LogP contribution >= 0.6 is 11.3 Å². The summed E-state index contributed by atoms with van der Waals surface area (Å²) < 4.78 is 5.66. The number of primary amides is 1. The maximum Gasteiger partial charge on any atom is 0.262 e. The summed E-state index contributed by atoms with van der Waals surface area (Å²) in [6, 6.07) is 23.6. The molecule has 4 rings (SSSR count). The van der Waals surface area contributed by atoms with E-state index in [4.69, 9.17) is 10.5 Å². The number of anilines is 1. The molecule has 5 nitrogen and oxygen atoms in total. The molecule has 2 amide bonds. The van der Waals surface area contributed by atoms with Crippen molar-refractivity contribution in [3.05, 3.63) is 94.4 Å². The summed E-state index contributed by atoms with van der Waals surface area (Å²) in [6.45, 7) is 1.69. The largest absolute Gasteiger partial charge is 0.484 e. The maximum atomic E-state index is 12.5. The molecule has 156 valence electrons. The molecule has 1 aromatic heterocycles. The van der Waals surface area contributed by atoms with Crippen LogP contribution in [0.5, 0.6) is 5.75 Å². The van der Waals surface area contributed by atoms with Gasteiger partial charge in [-0.05, 0) is 41.0 Å². The molecule has 0 unspecified atom stereocenters. The molecule has 0 atom stereocenters. The van der Waals surface area contributed by atoms with Gasteiger partial charge in [-0.1, -0.05) is 60.7 Å². The van der Waals surface area contributed by atoms with Gasteiger partial charge in [-0.3, -0.25) is 9.59 Å². The Labute approximate surface area is 184 Å².